The van der Waals surface area contributed by atoms with E-state index in [0.717, 1.165) is 0 Å². The van der Waals surface area contributed by atoms with Crippen LogP contribution in [0, 0.1) is 10.1 Å². The number of carboxylic acids is 1. The molecule has 0 saturated carbocycles. The van der Waals surface area contributed by atoms with E-state index in [0.29, 0.717) is 0 Å². The molecule has 0 heterocycles. The number of benzene rings is 1. The topological polar surface area (TPSA) is 119 Å². The molecule has 1 amide bonds. The van der Waals surface area contributed by atoms with Crippen molar-refractivity contribution in [1.29, 1.82) is 0 Å². The molecule has 0 spiro atoms. The van der Waals surface area contributed by atoms with Crippen LogP contribution in [0.25, 0.3) is 0 Å². The third kappa shape index (κ3) is 3.28. The third-order valence-corrected chi connectivity index (χ3v) is 3.21. The molecule has 21 heavy (non-hydrogen) atoms. The number of aliphatic carboxylic acids is 1. The summed E-state index contributed by atoms with van der Waals surface area (Å²) in [5.41, 5.74) is -1.92. The van der Waals surface area contributed by atoms with Gasteiger partial charge in [-0.1, -0.05) is 13.0 Å². The monoisotopic (exact) mass is 296 g/mol. The van der Waals surface area contributed by atoms with E-state index in [1.165, 1.54) is 32.2 Å². The second kappa shape index (κ2) is 6.21. The lowest BCUT2D eigenvalue weighted by Gasteiger charge is -2.24. The molecular weight excluding hydrogens is 280 g/mol. The second-order valence-electron chi connectivity index (χ2n) is 4.56. The van der Waals surface area contributed by atoms with Crippen LogP contribution in [0.5, 0.6) is 5.75 Å². The molecule has 114 valence electrons. The molecule has 8 heteroatoms. The first-order chi connectivity index (χ1) is 9.76. The van der Waals surface area contributed by atoms with Crippen molar-refractivity contribution >= 4 is 17.6 Å². The summed E-state index contributed by atoms with van der Waals surface area (Å²) >= 11 is 0. The molecule has 0 aliphatic rings. The molecule has 0 bridgehead atoms. The van der Waals surface area contributed by atoms with Crippen LogP contribution in [-0.2, 0) is 4.79 Å². The van der Waals surface area contributed by atoms with Crippen molar-refractivity contribution in [3.05, 3.63) is 33.9 Å². The number of ether oxygens (including phenoxy) is 1. The molecule has 1 atom stereocenters. The van der Waals surface area contributed by atoms with Crippen LogP contribution in [0.1, 0.15) is 30.6 Å². The van der Waals surface area contributed by atoms with E-state index < -0.39 is 22.3 Å². The van der Waals surface area contributed by atoms with Crippen LogP contribution >= 0.6 is 0 Å². The highest BCUT2D eigenvalue weighted by Crippen LogP contribution is 2.30. The number of para-hydroxylation sites is 1. The SMILES string of the molecule is CCC(C)(NC(=O)c1cccc([N+](=O)[O-])c1OC)C(=O)O. The van der Waals surface area contributed by atoms with Crippen LogP contribution in [0.15, 0.2) is 18.2 Å². The highest BCUT2D eigenvalue weighted by Gasteiger charge is 2.34. The van der Waals surface area contributed by atoms with Gasteiger partial charge >= 0.3 is 11.7 Å². The summed E-state index contributed by atoms with van der Waals surface area (Å²) in [4.78, 5) is 33.6. The minimum Gasteiger partial charge on any atom is -0.490 e. The average Bonchev–Trinajstić information content (AvgIpc) is 2.45. The maximum Gasteiger partial charge on any atom is 0.329 e. The number of nitro benzene ring substituents is 1. The second-order valence-corrected chi connectivity index (χ2v) is 4.56. The lowest BCUT2D eigenvalue weighted by Crippen LogP contribution is -2.51. The Morgan fingerprint density at radius 3 is 2.52 bits per heavy atom. The molecule has 1 rings (SSSR count). The molecule has 0 aliphatic carbocycles. The first kappa shape index (κ1) is 16.4. The maximum absolute atomic E-state index is 12.2. The maximum atomic E-state index is 12.2. The van der Waals surface area contributed by atoms with E-state index in [1.54, 1.807) is 6.92 Å². The zero-order valence-electron chi connectivity index (χ0n) is 11.9. The van der Waals surface area contributed by atoms with Gasteiger partial charge in [-0.2, -0.15) is 0 Å². The zero-order chi connectivity index (χ0) is 16.2. The first-order valence-electron chi connectivity index (χ1n) is 6.14. The van der Waals surface area contributed by atoms with Gasteiger partial charge in [0.25, 0.3) is 5.91 Å². The van der Waals surface area contributed by atoms with E-state index in [9.17, 15) is 19.7 Å². The van der Waals surface area contributed by atoms with Crippen LogP contribution in [0.2, 0.25) is 0 Å². The normalized spacial score (nSPS) is 13.1. The van der Waals surface area contributed by atoms with Gasteiger partial charge in [0.2, 0.25) is 5.75 Å². The van der Waals surface area contributed by atoms with Crippen molar-refractivity contribution < 1.29 is 24.4 Å². The van der Waals surface area contributed by atoms with Gasteiger partial charge in [-0.15, -0.1) is 0 Å². The molecule has 0 radical (unpaired) electrons. The lowest BCUT2D eigenvalue weighted by atomic mass is 9.98. The van der Waals surface area contributed by atoms with Crippen molar-refractivity contribution in [2.45, 2.75) is 25.8 Å². The number of nitrogens with zero attached hydrogens (tertiary/aromatic N) is 1. The summed E-state index contributed by atoms with van der Waals surface area (Å²) in [5.74, 6) is -2.14. The van der Waals surface area contributed by atoms with Crippen molar-refractivity contribution in [3.63, 3.8) is 0 Å². The number of hydrogen-bond acceptors (Lipinski definition) is 5. The van der Waals surface area contributed by atoms with Gasteiger partial charge < -0.3 is 15.2 Å². The first-order valence-corrected chi connectivity index (χ1v) is 6.14. The Hall–Kier alpha value is -2.64. The quantitative estimate of drug-likeness (QED) is 0.607. The molecule has 1 unspecified atom stereocenters. The van der Waals surface area contributed by atoms with E-state index in [4.69, 9.17) is 9.84 Å². The fourth-order valence-corrected chi connectivity index (χ4v) is 1.67. The van der Waals surface area contributed by atoms with E-state index >= 15 is 0 Å². The lowest BCUT2D eigenvalue weighted by molar-refractivity contribution is -0.385. The summed E-state index contributed by atoms with van der Waals surface area (Å²) in [6.07, 6.45) is 0.158. The number of amides is 1. The Bertz CT molecular complexity index is 586. The standard InChI is InChI=1S/C13H16N2O6/c1-4-13(2,12(17)18)14-11(16)8-6-5-7-9(15(19)20)10(8)21-3/h5-7H,4H2,1-3H3,(H,14,16)(H,17,18). The van der Waals surface area contributed by atoms with Crippen molar-refractivity contribution in [3.8, 4) is 5.75 Å². The fraction of sp³-hybridized carbons (Fsp3) is 0.385. The Balaban J connectivity index is 3.22. The summed E-state index contributed by atoms with van der Waals surface area (Å²) in [6, 6.07) is 3.87. The Kier molecular flexibility index (Phi) is 4.85. The Morgan fingerprint density at radius 2 is 2.10 bits per heavy atom. The minimum atomic E-state index is -1.47. The van der Waals surface area contributed by atoms with Crippen LogP contribution in [0.3, 0.4) is 0 Å². The summed E-state index contributed by atoms with van der Waals surface area (Å²) in [6.45, 7) is 2.97. The molecule has 0 aromatic heterocycles. The number of nitro groups is 1. The van der Waals surface area contributed by atoms with Gasteiger partial charge in [-0.05, 0) is 19.4 Å². The Labute approximate surface area is 120 Å². The third-order valence-electron chi connectivity index (χ3n) is 3.21. The molecule has 2 N–H and O–H groups in total. The van der Waals surface area contributed by atoms with E-state index in [-0.39, 0.29) is 23.4 Å². The zero-order valence-corrected chi connectivity index (χ0v) is 11.9. The number of carboxylic acid groups (broad SMARTS) is 1. The summed E-state index contributed by atoms with van der Waals surface area (Å²) < 4.78 is 4.92. The van der Waals surface area contributed by atoms with Gasteiger partial charge in [0.1, 0.15) is 5.54 Å². The smallest absolute Gasteiger partial charge is 0.329 e. The Morgan fingerprint density at radius 1 is 1.48 bits per heavy atom. The number of carbonyl (C=O) groups is 2. The van der Waals surface area contributed by atoms with Crippen LogP contribution in [-0.4, -0.2) is 34.6 Å². The van der Waals surface area contributed by atoms with Gasteiger partial charge in [0.05, 0.1) is 17.6 Å². The highest BCUT2D eigenvalue weighted by molar-refractivity contribution is 6.00. The predicted molar refractivity (Wildman–Crippen MR) is 73.4 cm³/mol. The molecule has 0 aliphatic heterocycles. The molecule has 1 aromatic rings. The number of hydrogen-bond donors (Lipinski definition) is 2. The number of carbonyl (C=O) groups excluding carboxylic acids is 1. The number of rotatable bonds is 6. The number of nitrogens with one attached hydrogen (secondary N) is 1. The van der Waals surface area contributed by atoms with Crippen molar-refractivity contribution in [2.75, 3.05) is 7.11 Å². The van der Waals surface area contributed by atoms with Gasteiger partial charge in [-0.3, -0.25) is 14.9 Å². The van der Waals surface area contributed by atoms with Crippen molar-refractivity contribution in [2.24, 2.45) is 0 Å². The van der Waals surface area contributed by atoms with Gasteiger partial charge in [-0.25, -0.2) is 4.79 Å². The average molecular weight is 296 g/mol. The van der Waals surface area contributed by atoms with E-state index in [2.05, 4.69) is 5.32 Å². The van der Waals surface area contributed by atoms with E-state index in [1.807, 2.05) is 0 Å². The van der Waals surface area contributed by atoms with Gasteiger partial charge in [0, 0.05) is 6.07 Å². The van der Waals surface area contributed by atoms with Crippen molar-refractivity contribution in [1.82, 2.24) is 5.32 Å². The molecule has 1 aromatic carbocycles. The molecular formula is C13H16N2O6. The summed E-state index contributed by atoms with van der Waals surface area (Å²) in [7, 11) is 1.20. The highest BCUT2D eigenvalue weighted by atomic mass is 16.6. The molecule has 8 nitrogen and oxygen atoms in total. The van der Waals surface area contributed by atoms with Gasteiger partial charge in [0.15, 0.2) is 0 Å². The molecule has 0 saturated heterocycles. The number of methoxy groups -OCH3 is 1. The van der Waals surface area contributed by atoms with Crippen LogP contribution < -0.4 is 10.1 Å². The predicted octanol–water partition coefficient (Wildman–Crippen LogP) is 1.59. The fourth-order valence-electron chi connectivity index (χ4n) is 1.67. The molecule has 0 fully saturated rings. The summed E-state index contributed by atoms with van der Waals surface area (Å²) in [5, 5.41) is 22.4. The largest absolute Gasteiger partial charge is 0.490 e. The minimum absolute atomic E-state index is 0.0902. The van der Waals surface area contributed by atoms with Crippen LogP contribution in [0.4, 0.5) is 5.69 Å².